The number of carbonyl (C=O) groups excluding carboxylic acids is 2. The minimum absolute atomic E-state index is 0.0672. The number of halogens is 4. The molecule has 0 spiro atoms. The quantitative estimate of drug-likeness (QED) is 0.176. The van der Waals surface area contributed by atoms with Crippen molar-refractivity contribution in [2.45, 2.75) is 39.7 Å². The zero-order valence-electron chi connectivity index (χ0n) is 21.0. The second-order valence-electron chi connectivity index (χ2n) is 8.99. The van der Waals surface area contributed by atoms with Gasteiger partial charge in [-0.05, 0) is 36.8 Å². The average molecular weight is 586 g/mol. The third kappa shape index (κ3) is 5.62. The Morgan fingerprint density at radius 1 is 0.950 bits per heavy atom. The van der Waals surface area contributed by atoms with Crippen molar-refractivity contribution in [3.8, 4) is 0 Å². The number of nitrogens with zero attached hydrogens (tertiary/aromatic N) is 1. The molecule has 40 heavy (non-hydrogen) atoms. The lowest BCUT2D eigenvalue weighted by molar-refractivity contribution is -0.115. The maximum atomic E-state index is 14.1. The Bertz CT molecular complexity index is 1500. The van der Waals surface area contributed by atoms with Crippen LogP contribution in [0.3, 0.4) is 0 Å². The Morgan fingerprint density at radius 3 is 2.42 bits per heavy atom. The summed E-state index contributed by atoms with van der Waals surface area (Å²) >= 11 is 2.78. The van der Waals surface area contributed by atoms with Crippen molar-refractivity contribution in [1.29, 1.82) is 0 Å². The van der Waals surface area contributed by atoms with E-state index in [2.05, 4.69) is 11.4 Å². The fourth-order valence-electron chi connectivity index (χ4n) is 4.43. The van der Waals surface area contributed by atoms with Crippen LogP contribution >= 0.6 is 23.5 Å². The lowest BCUT2D eigenvalue weighted by atomic mass is 10.1. The predicted molar refractivity (Wildman–Crippen MR) is 151 cm³/mol. The summed E-state index contributed by atoms with van der Waals surface area (Å²) < 4.78 is 55.3. The van der Waals surface area contributed by atoms with Gasteiger partial charge in [0.25, 0.3) is 0 Å². The van der Waals surface area contributed by atoms with Crippen LogP contribution in [0.1, 0.15) is 13.3 Å². The van der Waals surface area contributed by atoms with E-state index < -0.39 is 40.1 Å². The molecule has 0 saturated heterocycles. The number of para-hydroxylation sites is 1. The van der Waals surface area contributed by atoms with Gasteiger partial charge in [0.05, 0.1) is 22.2 Å². The molecule has 11 heteroatoms. The van der Waals surface area contributed by atoms with Gasteiger partial charge in [0.15, 0.2) is 23.3 Å². The summed E-state index contributed by atoms with van der Waals surface area (Å²) in [6, 6.07) is 14.1. The van der Waals surface area contributed by atoms with E-state index >= 15 is 0 Å². The summed E-state index contributed by atoms with van der Waals surface area (Å²) in [4.78, 5) is 29.7. The van der Waals surface area contributed by atoms with E-state index in [9.17, 15) is 27.2 Å². The molecule has 1 heterocycles. The number of hydrogen-bond donors (Lipinski definition) is 2. The molecular weight excluding hydrogens is 562 g/mol. The van der Waals surface area contributed by atoms with Crippen molar-refractivity contribution in [3.05, 3.63) is 102 Å². The van der Waals surface area contributed by atoms with E-state index in [1.165, 1.54) is 0 Å². The summed E-state index contributed by atoms with van der Waals surface area (Å²) in [6.07, 6.45) is 8.18. The van der Waals surface area contributed by atoms with Gasteiger partial charge < -0.3 is 10.6 Å². The zero-order chi connectivity index (χ0) is 28.4. The number of carbonyl (C=O) groups is 2. The molecule has 5 nitrogen and oxygen atoms in total. The number of fused-ring (bicyclic) bond motifs is 2. The van der Waals surface area contributed by atoms with Gasteiger partial charge in [-0.15, -0.1) is 23.5 Å². The second kappa shape index (κ2) is 11.8. The zero-order valence-corrected chi connectivity index (χ0v) is 22.7. The summed E-state index contributed by atoms with van der Waals surface area (Å²) in [5.74, 6) is -7.41. The first-order valence-electron chi connectivity index (χ1n) is 12.4. The van der Waals surface area contributed by atoms with E-state index in [1.54, 1.807) is 47.9 Å². The second-order valence-corrected chi connectivity index (χ2v) is 11.5. The molecule has 0 radical (unpaired) electrons. The van der Waals surface area contributed by atoms with Gasteiger partial charge in [0.2, 0.25) is 5.91 Å². The summed E-state index contributed by atoms with van der Waals surface area (Å²) in [5, 5.41) is 4.14. The molecule has 3 atom stereocenters. The first-order chi connectivity index (χ1) is 19.3. The normalized spacial score (nSPS) is 18.1. The number of nitrogens with one attached hydrogen (secondary N) is 2. The number of hydrogen-bond acceptors (Lipinski definition) is 4. The molecule has 3 amide bonds. The molecule has 206 valence electrons. The molecule has 3 aromatic carbocycles. The van der Waals surface area contributed by atoms with E-state index in [0.717, 1.165) is 22.3 Å². The standard InChI is InChI=1S/C29H23F4N3O2S2/c1-2-22(28(37)35-27-25(32)18(30)15-19(31)26(27)33)39-17-9-7-8-16(14-17)34-29(38)36-20-10-3-5-12-23(20)40-24-13-6-4-11-21(24)36/h3-15,20,22-23H,2H2,1H3,(H,34,38)(H,35,37). The number of thioether (sulfide) groups is 2. The summed E-state index contributed by atoms with van der Waals surface area (Å²) in [7, 11) is 0. The molecule has 1 aliphatic carbocycles. The van der Waals surface area contributed by atoms with Gasteiger partial charge in [0.1, 0.15) is 5.69 Å². The van der Waals surface area contributed by atoms with Crippen LogP contribution in [-0.2, 0) is 4.79 Å². The monoisotopic (exact) mass is 585 g/mol. The average Bonchev–Trinajstić information content (AvgIpc) is 2.95. The van der Waals surface area contributed by atoms with Gasteiger partial charge in [-0.2, -0.15) is 0 Å². The number of urea groups is 1. The Morgan fingerprint density at radius 2 is 1.68 bits per heavy atom. The number of amides is 3. The van der Waals surface area contributed by atoms with Crippen molar-refractivity contribution in [2.75, 3.05) is 15.5 Å². The maximum absolute atomic E-state index is 14.1. The molecule has 3 aromatic rings. The number of benzene rings is 3. The first-order valence-corrected chi connectivity index (χ1v) is 14.1. The van der Waals surface area contributed by atoms with Gasteiger partial charge in [-0.25, -0.2) is 22.4 Å². The fraction of sp³-hybridized carbons (Fsp3) is 0.172. The first kappa shape index (κ1) is 27.9. The van der Waals surface area contributed by atoms with Gasteiger partial charge >= 0.3 is 6.03 Å². The number of allylic oxidation sites excluding steroid dienone is 2. The minimum Gasteiger partial charge on any atom is -0.320 e. The lowest BCUT2D eigenvalue weighted by Gasteiger charge is -2.40. The highest BCUT2D eigenvalue weighted by Crippen LogP contribution is 2.43. The molecule has 0 bridgehead atoms. The molecule has 0 fully saturated rings. The van der Waals surface area contributed by atoms with Crippen LogP contribution < -0.4 is 15.5 Å². The minimum atomic E-state index is -1.68. The summed E-state index contributed by atoms with van der Waals surface area (Å²) in [6.45, 7) is 1.69. The molecule has 0 saturated carbocycles. The van der Waals surface area contributed by atoms with Gasteiger partial charge in [-0.3, -0.25) is 9.69 Å². The van der Waals surface area contributed by atoms with E-state index in [0.29, 0.717) is 10.6 Å². The van der Waals surface area contributed by atoms with E-state index in [1.807, 2.05) is 47.8 Å². The van der Waals surface area contributed by atoms with Crippen molar-refractivity contribution in [1.82, 2.24) is 0 Å². The Labute approximate surface area is 236 Å². The molecule has 2 N–H and O–H groups in total. The van der Waals surface area contributed by atoms with Gasteiger partial charge in [0, 0.05) is 21.5 Å². The van der Waals surface area contributed by atoms with Crippen LogP contribution in [0, 0.1) is 23.3 Å². The lowest BCUT2D eigenvalue weighted by Crippen LogP contribution is -2.49. The maximum Gasteiger partial charge on any atom is 0.326 e. The molecule has 5 rings (SSSR count). The Hall–Kier alpha value is -3.70. The van der Waals surface area contributed by atoms with E-state index in [4.69, 9.17) is 0 Å². The molecular formula is C29H23F4N3O2S2. The van der Waals surface area contributed by atoms with Crippen molar-refractivity contribution >= 4 is 52.5 Å². The number of anilines is 3. The molecule has 2 aliphatic rings. The third-order valence-electron chi connectivity index (χ3n) is 6.35. The van der Waals surface area contributed by atoms with E-state index in [-0.39, 0.29) is 29.8 Å². The SMILES string of the molecule is CCC(Sc1cccc(NC(=O)N2c3ccccc3SC3C=CC=CC32)c1)C(=O)Nc1c(F)c(F)cc(F)c1F. The Balaban J connectivity index is 1.32. The summed E-state index contributed by atoms with van der Waals surface area (Å²) in [5.41, 5.74) is 0.109. The smallest absolute Gasteiger partial charge is 0.320 e. The highest BCUT2D eigenvalue weighted by atomic mass is 32.2. The fourth-order valence-corrected chi connectivity index (χ4v) is 6.70. The van der Waals surface area contributed by atoms with Crippen molar-refractivity contribution < 1.29 is 27.2 Å². The van der Waals surface area contributed by atoms with Gasteiger partial charge in [-0.1, -0.05) is 49.4 Å². The van der Waals surface area contributed by atoms with Crippen molar-refractivity contribution in [3.63, 3.8) is 0 Å². The highest BCUT2D eigenvalue weighted by Gasteiger charge is 2.36. The molecule has 0 aromatic heterocycles. The van der Waals surface area contributed by atoms with Crippen LogP contribution in [0.5, 0.6) is 0 Å². The number of rotatable bonds is 6. The largest absolute Gasteiger partial charge is 0.326 e. The topological polar surface area (TPSA) is 61.4 Å². The van der Waals surface area contributed by atoms with Crippen LogP contribution in [0.25, 0.3) is 0 Å². The molecule has 3 unspecified atom stereocenters. The highest BCUT2D eigenvalue weighted by molar-refractivity contribution is 8.00. The van der Waals surface area contributed by atoms with Crippen LogP contribution in [-0.4, -0.2) is 28.5 Å². The van der Waals surface area contributed by atoms with Crippen LogP contribution in [0.2, 0.25) is 0 Å². The molecule has 1 aliphatic heterocycles. The van der Waals surface area contributed by atoms with Crippen molar-refractivity contribution in [2.24, 2.45) is 0 Å². The third-order valence-corrected chi connectivity index (χ3v) is 9.01. The van der Waals surface area contributed by atoms with Crippen LogP contribution in [0.4, 0.5) is 39.4 Å². The predicted octanol–water partition coefficient (Wildman–Crippen LogP) is 7.76. The van der Waals surface area contributed by atoms with Crippen LogP contribution in [0.15, 0.2) is 88.7 Å². The Kier molecular flexibility index (Phi) is 8.22.